The topological polar surface area (TPSA) is 67.8 Å². The minimum atomic E-state index is 0.579. The maximum Gasteiger partial charge on any atom is 0.191 e. The Morgan fingerprint density at radius 2 is 2.31 bits per heavy atom. The molecule has 0 saturated carbocycles. The van der Waals surface area contributed by atoms with Gasteiger partial charge in [-0.15, -0.1) is 22.7 Å². The van der Waals surface area contributed by atoms with Gasteiger partial charge < -0.3 is 20.1 Å². The first kappa shape index (κ1) is 22.2. The van der Waals surface area contributed by atoms with Gasteiger partial charge in [0.1, 0.15) is 0 Å². The van der Waals surface area contributed by atoms with Crippen LogP contribution >= 0.6 is 22.7 Å². The van der Waals surface area contributed by atoms with Gasteiger partial charge in [-0.3, -0.25) is 4.99 Å². The Kier molecular flexibility index (Phi) is 9.40. The third-order valence-electron chi connectivity index (χ3n) is 4.64. The first-order chi connectivity index (χ1) is 14.2. The molecule has 1 fully saturated rings. The monoisotopic (exact) mass is 436 g/mol. The SMILES string of the molecule is CCNC(=NCCCOCC1CCOC1)NCCc1ccc(-c2csc(C)n2)s1. The number of thiazole rings is 1. The zero-order valence-corrected chi connectivity index (χ0v) is 19.0. The van der Waals surface area contributed by atoms with Crippen molar-refractivity contribution >= 4 is 28.6 Å². The summed E-state index contributed by atoms with van der Waals surface area (Å²) in [5.41, 5.74) is 1.09. The summed E-state index contributed by atoms with van der Waals surface area (Å²) in [5, 5.41) is 9.99. The van der Waals surface area contributed by atoms with Crippen LogP contribution in [0.15, 0.2) is 22.5 Å². The van der Waals surface area contributed by atoms with E-state index < -0.39 is 0 Å². The molecule has 0 aromatic carbocycles. The molecule has 160 valence electrons. The van der Waals surface area contributed by atoms with Crippen molar-refractivity contribution in [3.05, 3.63) is 27.4 Å². The largest absolute Gasteiger partial charge is 0.381 e. The standard InChI is InChI=1S/C21H32N4O2S2/c1-3-22-21(23-9-4-11-26-13-17-8-12-27-14-17)24-10-7-18-5-6-20(29-18)19-15-28-16(2)25-19/h5-6,15,17H,3-4,7-14H2,1-2H3,(H2,22,23,24). The number of hydrogen-bond acceptors (Lipinski definition) is 6. The van der Waals surface area contributed by atoms with Gasteiger partial charge in [0.2, 0.25) is 0 Å². The summed E-state index contributed by atoms with van der Waals surface area (Å²) in [6, 6.07) is 4.37. The molecule has 0 amide bonds. The van der Waals surface area contributed by atoms with Crippen LogP contribution in [0, 0.1) is 12.8 Å². The summed E-state index contributed by atoms with van der Waals surface area (Å²) in [5.74, 6) is 1.46. The van der Waals surface area contributed by atoms with Crippen molar-refractivity contribution in [1.29, 1.82) is 0 Å². The molecule has 2 N–H and O–H groups in total. The van der Waals surface area contributed by atoms with E-state index in [2.05, 4.69) is 45.0 Å². The van der Waals surface area contributed by atoms with Crippen LogP contribution in [0.25, 0.3) is 10.6 Å². The molecule has 2 aromatic rings. The molecule has 29 heavy (non-hydrogen) atoms. The third kappa shape index (κ3) is 7.70. The average molecular weight is 437 g/mol. The van der Waals surface area contributed by atoms with E-state index in [4.69, 9.17) is 9.47 Å². The number of ether oxygens (including phenoxy) is 2. The lowest BCUT2D eigenvalue weighted by Crippen LogP contribution is -2.38. The molecular weight excluding hydrogens is 404 g/mol. The summed E-state index contributed by atoms with van der Waals surface area (Å²) >= 11 is 3.52. The summed E-state index contributed by atoms with van der Waals surface area (Å²) in [4.78, 5) is 11.8. The van der Waals surface area contributed by atoms with Crippen LogP contribution < -0.4 is 10.6 Å². The van der Waals surface area contributed by atoms with Crippen molar-refractivity contribution in [3.63, 3.8) is 0 Å². The lowest BCUT2D eigenvalue weighted by Gasteiger charge is -2.11. The smallest absolute Gasteiger partial charge is 0.191 e. The number of aromatic nitrogens is 1. The van der Waals surface area contributed by atoms with Gasteiger partial charge >= 0.3 is 0 Å². The van der Waals surface area contributed by atoms with Crippen LogP contribution in [-0.4, -0.2) is 57.0 Å². The maximum absolute atomic E-state index is 5.75. The number of hydrogen-bond donors (Lipinski definition) is 2. The number of thiophene rings is 1. The second-order valence-electron chi connectivity index (χ2n) is 7.11. The lowest BCUT2D eigenvalue weighted by atomic mass is 10.1. The van der Waals surface area contributed by atoms with E-state index in [1.54, 1.807) is 11.3 Å². The molecule has 1 atom stereocenters. The molecule has 0 aliphatic carbocycles. The van der Waals surface area contributed by atoms with Gasteiger partial charge in [-0.25, -0.2) is 4.98 Å². The molecule has 0 bridgehead atoms. The molecule has 8 heteroatoms. The Morgan fingerprint density at radius 1 is 1.38 bits per heavy atom. The fraction of sp³-hybridized carbons (Fsp3) is 0.619. The molecule has 3 rings (SSSR count). The number of rotatable bonds is 11. The van der Waals surface area contributed by atoms with Crippen LogP contribution in [0.5, 0.6) is 0 Å². The predicted molar refractivity (Wildman–Crippen MR) is 122 cm³/mol. The quantitative estimate of drug-likeness (QED) is 0.319. The summed E-state index contributed by atoms with van der Waals surface area (Å²) < 4.78 is 11.1. The minimum Gasteiger partial charge on any atom is -0.381 e. The van der Waals surface area contributed by atoms with E-state index in [9.17, 15) is 0 Å². The Morgan fingerprint density at radius 3 is 3.07 bits per heavy atom. The molecule has 1 unspecified atom stereocenters. The van der Waals surface area contributed by atoms with E-state index in [0.29, 0.717) is 5.92 Å². The van der Waals surface area contributed by atoms with Crippen molar-refractivity contribution in [2.75, 3.05) is 46.1 Å². The second kappa shape index (κ2) is 12.3. The maximum atomic E-state index is 5.75. The Labute approximate surface area is 181 Å². The number of aryl methyl sites for hydroxylation is 1. The molecule has 1 aliphatic heterocycles. The van der Waals surface area contributed by atoms with E-state index >= 15 is 0 Å². The highest BCUT2D eigenvalue weighted by atomic mass is 32.1. The van der Waals surface area contributed by atoms with Gasteiger partial charge in [-0.2, -0.15) is 0 Å². The fourth-order valence-corrected chi connectivity index (χ4v) is 4.75. The molecular formula is C21H32N4O2S2. The van der Waals surface area contributed by atoms with E-state index in [0.717, 1.165) is 82.0 Å². The second-order valence-corrected chi connectivity index (χ2v) is 9.34. The van der Waals surface area contributed by atoms with Crippen LogP contribution in [0.4, 0.5) is 0 Å². The zero-order chi connectivity index (χ0) is 20.3. The first-order valence-corrected chi connectivity index (χ1v) is 12.1. The highest BCUT2D eigenvalue weighted by molar-refractivity contribution is 7.16. The highest BCUT2D eigenvalue weighted by Crippen LogP contribution is 2.29. The molecule has 0 radical (unpaired) electrons. The lowest BCUT2D eigenvalue weighted by molar-refractivity contribution is 0.0893. The zero-order valence-electron chi connectivity index (χ0n) is 17.4. The van der Waals surface area contributed by atoms with E-state index in [1.807, 2.05) is 18.3 Å². The molecule has 3 heterocycles. The van der Waals surface area contributed by atoms with Crippen molar-refractivity contribution in [2.24, 2.45) is 10.9 Å². The van der Waals surface area contributed by atoms with Crippen LogP contribution in [0.2, 0.25) is 0 Å². The van der Waals surface area contributed by atoms with Crippen LogP contribution in [0.1, 0.15) is 29.7 Å². The van der Waals surface area contributed by atoms with E-state index in [-0.39, 0.29) is 0 Å². The Hall–Kier alpha value is -1.48. The van der Waals surface area contributed by atoms with Crippen LogP contribution in [-0.2, 0) is 15.9 Å². The van der Waals surface area contributed by atoms with Crippen molar-refractivity contribution in [2.45, 2.75) is 33.1 Å². The summed E-state index contributed by atoms with van der Waals surface area (Å²) in [6.45, 7) is 9.92. The van der Waals surface area contributed by atoms with Gasteiger partial charge in [0.05, 0.1) is 28.8 Å². The summed E-state index contributed by atoms with van der Waals surface area (Å²) in [6.07, 6.45) is 3.04. The minimum absolute atomic E-state index is 0.579. The highest BCUT2D eigenvalue weighted by Gasteiger charge is 2.15. The van der Waals surface area contributed by atoms with Crippen molar-refractivity contribution < 1.29 is 9.47 Å². The van der Waals surface area contributed by atoms with E-state index in [1.165, 1.54) is 9.75 Å². The normalized spacial score (nSPS) is 17.0. The molecule has 6 nitrogen and oxygen atoms in total. The summed E-state index contributed by atoms with van der Waals surface area (Å²) in [7, 11) is 0. The third-order valence-corrected chi connectivity index (χ3v) is 6.58. The van der Waals surface area contributed by atoms with Crippen LogP contribution in [0.3, 0.4) is 0 Å². The van der Waals surface area contributed by atoms with Gasteiger partial charge in [-0.1, -0.05) is 0 Å². The van der Waals surface area contributed by atoms with Gasteiger partial charge in [0.15, 0.2) is 5.96 Å². The molecule has 2 aromatic heterocycles. The molecule has 1 saturated heterocycles. The van der Waals surface area contributed by atoms with Crippen molar-refractivity contribution in [3.8, 4) is 10.6 Å². The number of guanidine groups is 1. The van der Waals surface area contributed by atoms with Crippen molar-refractivity contribution in [1.82, 2.24) is 15.6 Å². The Bertz CT molecular complexity index is 753. The number of aliphatic imine (C=N–C) groups is 1. The fourth-order valence-electron chi connectivity index (χ4n) is 3.09. The Balaban J connectivity index is 1.34. The predicted octanol–water partition coefficient (Wildman–Crippen LogP) is 3.72. The van der Waals surface area contributed by atoms with Gasteiger partial charge in [0, 0.05) is 49.0 Å². The molecule has 1 aliphatic rings. The first-order valence-electron chi connectivity index (χ1n) is 10.4. The van der Waals surface area contributed by atoms with Gasteiger partial charge in [-0.05, 0) is 45.2 Å². The number of nitrogens with zero attached hydrogens (tertiary/aromatic N) is 2. The number of nitrogens with one attached hydrogen (secondary N) is 2. The average Bonchev–Trinajstić information content (AvgIpc) is 3.46. The van der Waals surface area contributed by atoms with Gasteiger partial charge in [0.25, 0.3) is 0 Å². The molecule has 0 spiro atoms.